The summed E-state index contributed by atoms with van der Waals surface area (Å²) in [6, 6.07) is 13.3. The Morgan fingerprint density at radius 1 is 0.824 bits per heavy atom. The van der Waals surface area contributed by atoms with Gasteiger partial charge in [-0.3, -0.25) is 14.4 Å². The quantitative estimate of drug-likeness (QED) is 0.323. The van der Waals surface area contributed by atoms with Crippen molar-refractivity contribution in [3.8, 4) is 5.75 Å². The molecule has 0 spiro atoms. The third-order valence-electron chi connectivity index (χ3n) is 5.42. The van der Waals surface area contributed by atoms with Crippen molar-refractivity contribution in [3.05, 3.63) is 65.7 Å². The van der Waals surface area contributed by atoms with Crippen molar-refractivity contribution >= 4 is 17.7 Å². The second-order valence-electron chi connectivity index (χ2n) is 8.93. The number of amides is 3. The van der Waals surface area contributed by atoms with Gasteiger partial charge >= 0.3 is 0 Å². The lowest BCUT2D eigenvalue weighted by molar-refractivity contribution is -0.132. The Balaban J connectivity index is 1.96. The third-order valence-corrected chi connectivity index (χ3v) is 5.42. The standard InChI is InChI=1S/C26H36N4O4/c1-17(2)13-14-28-26(34)23(16-19-7-5-4-6-8-19)30-24(32)18(3)29-25(33)22(27)15-20-9-11-21(31)12-10-20/h4-12,17-18,22-23,31H,13-16,27H2,1-3H3,(H,28,34)(H,29,33)(H,30,32)/t18-,22+,23+/m1/s1. The maximum atomic E-state index is 12.8. The monoisotopic (exact) mass is 468 g/mol. The first-order valence-electron chi connectivity index (χ1n) is 11.6. The first-order chi connectivity index (χ1) is 16.2. The summed E-state index contributed by atoms with van der Waals surface area (Å²) in [5, 5.41) is 17.7. The van der Waals surface area contributed by atoms with E-state index in [0.717, 1.165) is 17.5 Å². The van der Waals surface area contributed by atoms with Crippen LogP contribution in [-0.4, -0.2) is 47.5 Å². The van der Waals surface area contributed by atoms with Crippen LogP contribution >= 0.6 is 0 Å². The SMILES string of the molecule is CC(C)CCNC(=O)[C@H](Cc1ccccc1)NC(=O)[C@@H](C)NC(=O)[C@@H](N)Cc1ccc(O)cc1. The van der Waals surface area contributed by atoms with E-state index in [0.29, 0.717) is 18.9 Å². The highest BCUT2D eigenvalue weighted by atomic mass is 16.3. The lowest BCUT2D eigenvalue weighted by atomic mass is 10.0. The maximum absolute atomic E-state index is 12.8. The molecule has 0 aliphatic rings. The van der Waals surface area contributed by atoms with Crippen LogP contribution in [0, 0.1) is 5.92 Å². The van der Waals surface area contributed by atoms with Crippen LogP contribution in [0.1, 0.15) is 38.3 Å². The predicted octanol–water partition coefficient (Wildman–Crippen LogP) is 1.66. The largest absolute Gasteiger partial charge is 0.508 e. The summed E-state index contributed by atoms with van der Waals surface area (Å²) < 4.78 is 0. The highest BCUT2D eigenvalue weighted by molar-refractivity contribution is 5.93. The minimum absolute atomic E-state index is 0.130. The predicted molar refractivity (Wildman–Crippen MR) is 132 cm³/mol. The van der Waals surface area contributed by atoms with Gasteiger partial charge in [0.25, 0.3) is 0 Å². The van der Waals surface area contributed by atoms with Crippen LogP contribution in [0.25, 0.3) is 0 Å². The summed E-state index contributed by atoms with van der Waals surface area (Å²) in [6.07, 6.45) is 1.43. The zero-order valence-electron chi connectivity index (χ0n) is 20.1. The fourth-order valence-corrected chi connectivity index (χ4v) is 3.33. The molecule has 3 atom stereocenters. The molecule has 0 radical (unpaired) electrons. The van der Waals surface area contributed by atoms with Gasteiger partial charge in [-0.15, -0.1) is 0 Å². The zero-order valence-corrected chi connectivity index (χ0v) is 20.1. The lowest BCUT2D eigenvalue weighted by Gasteiger charge is -2.22. The van der Waals surface area contributed by atoms with Gasteiger partial charge in [0.2, 0.25) is 17.7 Å². The summed E-state index contributed by atoms with van der Waals surface area (Å²) in [7, 11) is 0. The van der Waals surface area contributed by atoms with E-state index in [2.05, 4.69) is 29.8 Å². The maximum Gasteiger partial charge on any atom is 0.242 e. The molecule has 0 aliphatic carbocycles. The van der Waals surface area contributed by atoms with Crippen molar-refractivity contribution < 1.29 is 19.5 Å². The van der Waals surface area contributed by atoms with Crippen molar-refractivity contribution in [3.63, 3.8) is 0 Å². The molecule has 8 nitrogen and oxygen atoms in total. The van der Waals surface area contributed by atoms with E-state index in [1.54, 1.807) is 19.1 Å². The number of phenolic OH excluding ortho intramolecular Hbond substituents is 1. The molecule has 0 heterocycles. The van der Waals surface area contributed by atoms with Crippen molar-refractivity contribution in [2.45, 2.75) is 58.2 Å². The third kappa shape index (κ3) is 9.23. The fraction of sp³-hybridized carbons (Fsp3) is 0.423. The van der Waals surface area contributed by atoms with Crippen LogP contribution in [0.3, 0.4) is 0 Å². The average molecular weight is 469 g/mol. The highest BCUT2D eigenvalue weighted by Crippen LogP contribution is 2.11. The fourth-order valence-electron chi connectivity index (χ4n) is 3.33. The molecule has 2 aromatic rings. The van der Waals surface area contributed by atoms with Gasteiger partial charge in [0.15, 0.2) is 0 Å². The molecule has 0 unspecified atom stereocenters. The molecule has 2 aromatic carbocycles. The Morgan fingerprint density at radius 3 is 2.06 bits per heavy atom. The number of hydrogen-bond donors (Lipinski definition) is 5. The zero-order chi connectivity index (χ0) is 25.1. The van der Waals surface area contributed by atoms with Gasteiger partial charge in [-0.1, -0.05) is 56.3 Å². The number of phenols is 1. The van der Waals surface area contributed by atoms with E-state index in [4.69, 9.17) is 5.73 Å². The second-order valence-corrected chi connectivity index (χ2v) is 8.93. The molecule has 0 aromatic heterocycles. The first-order valence-corrected chi connectivity index (χ1v) is 11.6. The Bertz CT molecular complexity index is 932. The lowest BCUT2D eigenvalue weighted by Crippen LogP contribution is -2.55. The van der Waals surface area contributed by atoms with Gasteiger partial charge in [-0.25, -0.2) is 0 Å². The first kappa shape index (κ1) is 26.9. The van der Waals surface area contributed by atoms with Gasteiger partial charge in [0.05, 0.1) is 6.04 Å². The Hall–Kier alpha value is -3.39. The van der Waals surface area contributed by atoms with E-state index in [-0.39, 0.29) is 18.1 Å². The van der Waals surface area contributed by atoms with Crippen molar-refractivity contribution in [1.29, 1.82) is 0 Å². The van der Waals surface area contributed by atoms with Gasteiger partial charge in [-0.05, 0) is 48.9 Å². The molecule has 0 fully saturated rings. The van der Waals surface area contributed by atoms with Gasteiger partial charge in [-0.2, -0.15) is 0 Å². The van der Waals surface area contributed by atoms with Crippen LogP contribution < -0.4 is 21.7 Å². The minimum Gasteiger partial charge on any atom is -0.508 e. The average Bonchev–Trinajstić information content (AvgIpc) is 2.80. The summed E-state index contributed by atoms with van der Waals surface area (Å²) in [5.41, 5.74) is 7.70. The number of benzene rings is 2. The Morgan fingerprint density at radius 2 is 1.44 bits per heavy atom. The van der Waals surface area contributed by atoms with Crippen molar-refractivity contribution in [1.82, 2.24) is 16.0 Å². The summed E-state index contributed by atoms with van der Waals surface area (Å²) >= 11 is 0. The molecule has 0 bridgehead atoms. The molecule has 0 saturated carbocycles. The van der Waals surface area contributed by atoms with Crippen LogP contribution in [-0.2, 0) is 27.2 Å². The van der Waals surface area contributed by atoms with Gasteiger partial charge in [0, 0.05) is 13.0 Å². The molecule has 0 aliphatic heterocycles. The summed E-state index contributed by atoms with van der Waals surface area (Å²) in [6.45, 7) is 6.23. The van der Waals surface area contributed by atoms with Crippen LogP contribution in [0.5, 0.6) is 5.75 Å². The molecule has 6 N–H and O–H groups in total. The molecule has 184 valence electrons. The molecule has 34 heavy (non-hydrogen) atoms. The van der Waals surface area contributed by atoms with E-state index < -0.39 is 29.9 Å². The number of nitrogens with one attached hydrogen (secondary N) is 3. The minimum atomic E-state index is -0.875. The van der Waals surface area contributed by atoms with Gasteiger partial charge in [0.1, 0.15) is 17.8 Å². The second kappa shape index (κ2) is 13.3. The smallest absolute Gasteiger partial charge is 0.242 e. The van der Waals surface area contributed by atoms with Gasteiger partial charge < -0.3 is 26.8 Å². The van der Waals surface area contributed by atoms with Crippen molar-refractivity contribution in [2.75, 3.05) is 6.54 Å². The molecular formula is C26H36N4O4. The molecular weight excluding hydrogens is 432 g/mol. The summed E-state index contributed by atoms with van der Waals surface area (Å²) in [4.78, 5) is 38.1. The molecule has 8 heteroatoms. The van der Waals surface area contributed by atoms with E-state index in [1.165, 1.54) is 12.1 Å². The molecule has 3 amide bonds. The number of carbonyl (C=O) groups is 3. The normalized spacial score (nSPS) is 13.6. The summed E-state index contributed by atoms with van der Waals surface area (Å²) in [5.74, 6) is -0.629. The van der Waals surface area contributed by atoms with Crippen LogP contribution in [0.4, 0.5) is 0 Å². The molecule has 2 rings (SSSR count). The van der Waals surface area contributed by atoms with E-state index >= 15 is 0 Å². The number of rotatable bonds is 12. The number of nitrogens with two attached hydrogens (primary N) is 1. The Kier molecular flexibility index (Phi) is 10.5. The number of aromatic hydroxyl groups is 1. The number of carbonyl (C=O) groups excluding carboxylic acids is 3. The van der Waals surface area contributed by atoms with E-state index in [9.17, 15) is 19.5 Å². The topological polar surface area (TPSA) is 134 Å². The van der Waals surface area contributed by atoms with Crippen LogP contribution in [0.15, 0.2) is 54.6 Å². The van der Waals surface area contributed by atoms with E-state index in [1.807, 2.05) is 30.3 Å². The Labute approximate surface area is 201 Å². The number of hydrogen-bond acceptors (Lipinski definition) is 5. The van der Waals surface area contributed by atoms with Crippen LogP contribution in [0.2, 0.25) is 0 Å². The van der Waals surface area contributed by atoms with Crippen molar-refractivity contribution in [2.24, 2.45) is 11.7 Å². The molecule has 0 saturated heterocycles. The highest BCUT2D eigenvalue weighted by Gasteiger charge is 2.26.